The summed E-state index contributed by atoms with van der Waals surface area (Å²) in [4.78, 5) is 0. The van der Waals surface area contributed by atoms with Crippen LogP contribution in [0.1, 0.15) is 30.7 Å². The molecule has 1 aromatic carbocycles. The molecule has 0 bridgehead atoms. The molecule has 1 fully saturated rings. The van der Waals surface area contributed by atoms with E-state index in [0.717, 1.165) is 18.3 Å². The van der Waals surface area contributed by atoms with Crippen molar-refractivity contribution < 1.29 is 0 Å². The monoisotopic (exact) mass is 171 g/mol. The Morgan fingerprint density at radius 3 is 2.77 bits per heavy atom. The molecule has 0 spiro atoms. The standard InChI is InChI=1S/C12H13N/c13-8-4-7-11-9-12(11)10-5-2-1-3-6-10/h1-3,5-6,11-12H,4,7,9H2. The van der Waals surface area contributed by atoms with Gasteiger partial charge in [0.05, 0.1) is 6.07 Å². The normalized spacial score (nSPS) is 25.2. The molecule has 0 radical (unpaired) electrons. The molecular weight excluding hydrogens is 158 g/mol. The van der Waals surface area contributed by atoms with Crippen molar-refractivity contribution in [3.05, 3.63) is 35.9 Å². The van der Waals surface area contributed by atoms with Crippen molar-refractivity contribution in [2.75, 3.05) is 0 Å². The molecule has 2 unspecified atom stereocenters. The summed E-state index contributed by atoms with van der Waals surface area (Å²) in [5.74, 6) is 1.52. The summed E-state index contributed by atoms with van der Waals surface area (Å²) in [5, 5.41) is 8.45. The fourth-order valence-electron chi connectivity index (χ4n) is 1.93. The first-order chi connectivity index (χ1) is 6.42. The second kappa shape index (κ2) is 3.62. The van der Waals surface area contributed by atoms with Crippen molar-refractivity contribution >= 4 is 0 Å². The quantitative estimate of drug-likeness (QED) is 0.685. The second-order valence-electron chi connectivity index (χ2n) is 3.71. The van der Waals surface area contributed by atoms with Crippen LogP contribution in [-0.4, -0.2) is 0 Å². The summed E-state index contributed by atoms with van der Waals surface area (Å²) in [6, 6.07) is 12.8. The fraction of sp³-hybridized carbons (Fsp3) is 0.417. The third-order valence-electron chi connectivity index (χ3n) is 2.78. The van der Waals surface area contributed by atoms with Crippen LogP contribution < -0.4 is 0 Å². The Morgan fingerprint density at radius 2 is 2.08 bits per heavy atom. The van der Waals surface area contributed by atoms with Gasteiger partial charge in [0.25, 0.3) is 0 Å². The van der Waals surface area contributed by atoms with Crippen LogP contribution >= 0.6 is 0 Å². The van der Waals surface area contributed by atoms with Crippen molar-refractivity contribution in [3.63, 3.8) is 0 Å². The molecule has 0 amide bonds. The Balaban J connectivity index is 1.90. The van der Waals surface area contributed by atoms with E-state index in [2.05, 4.69) is 36.4 Å². The minimum absolute atomic E-state index is 0.716. The Hall–Kier alpha value is -1.29. The van der Waals surface area contributed by atoms with Crippen LogP contribution in [-0.2, 0) is 0 Å². The molecular formula is C12H13N. The predicted octanol–water partition coefficient (Wildman–Crippen LogP) is 3.09. The second-order valence-corrected chi connectivity index (χ2v) is 3.71. The van der Waals surface area contributed by atoms with Gasteiger partial charge in [0.2, 0.25) is 0 Å². The van der Waals surface area contributed by atoms with Gasteiger partial charge in [0.1, 0.15) is 0 Å². The van der Waals surface area contributed by atoms with E-state index in [0.29, 0.717) is 6.42 Å². The molecule has 0 saturated heterocycles. The van der Waals surface area contributed by atoms with Gasteiger partial charge in [-0.15, -0.1) is 0 Å². The summed E-state index contributed by atoms with van der Waals surface area (Å²) in [6.07, 6.45) is 3.08. The summed E-state index contributed by atoms with van der Waals surface area (Å²) >= 11 is 0. The highest BCUT2D eigenvalue weighted by Crippen LogP contribution is 2.49. The first kappa shape index (κ1) is 8.31. The van der Waals surface area contributed by atoms with Gasteiger partial charge in [-0.25, -0.2) is 0 Å². The van der Waals surface area contributed by atoms with Gasteiger partial charge in [-0.2, -0.15) is 5.26 Å². The largest absolute Gasteiger partial charge is 0.198 e. The molecule has 0 aromatic heterocycles. The van der Waals surface area contributed by atoms with E-state index in [1.54, 1.807) is 0 Å². The molecule has 1 heteroatoms. The zero-order valence-electron chi connectivity index (χ0n) is 7.61. The number of nitriles is 1. The lowest BCUT2D eigenvalue weighted by Crippen LogP contribution is -1.82. The lowest BCUT2D eigenvalue weighted by Gasteiger charge is -1.97. The number of rotatable bonds is 3. The average Bonchev–Trinajstić information content (AvgIpc) is 2.95. The highest BCUT2D eigenvalue weighted by Gasteiger charge is 2.37. The Morgan fingerprint density at radius 1 is 1.31 bits per heavy atom. The smallest absolute Gasteiger partial charge is 0.0621 e. The minimum atomic E-state index is 0.716. The van der Waals surface area contributed by atoms with E-state index in [1.807, 2.05) is 0 Å². The SMILES string of the molecule is N#CCCC1CC1c1ccccc1. The molecule has 1 aliphatic carbocycles. The summed E-state index contributed by atoms with van der Waals surface area (Å²) in [5.41, 5.74) is 1.45. The van der Waals surface area contributed by atoms with Crippen LogP contribution in [0.3, 0.4) is 0 Å². The van der Waals surface area contributed by atoms with Gasteiger partial charge >= 0.3 is 0 Å². The summed E-state index contributed by atoms with van der Waals surface area (Å²) in [7, 11) is 0. The average molecular weight is 171 g/mol. The topological polar surface area (TPSA) is 23.8 Å². The number of nitrogens with zero attached hydrogens (tertiary/aromatic N) is 1. The number of hydrogen-bond acceptors (Lipinski definition) is 1. The first-order valence-electron chi connectivity index (χ1n) is 4.83. The maximum atomic E-state index is 8.45. The van der Waals surface area contributed by atoms with E-state index in [4.69, 9.17) is 5.26 Å². The summed E-state index contributed by atoms with van der Waals surface area (Å²) < 4.78 is 0. The highest BCUT2D eigenvalue weighted by atomic mass is 14.4. The molecule has 13 heavy (non-hydrogen) atoms. The maximum absolute atomic E-state index is 8.45. The minimum Gasteiger partial charge on any atom is -0.198 e. The molecule has 2 rings (SSSR count). The Labute approximate surface area is 79.0 Å². The molecule has 0 aliphatic heterocycles. The highest BCUT2D eigenvalue weighted by molar-refractivity contribution is 5.25. The van der Waals surface area contributed by atoms with Gasteiger partial charge in [-0.3, -0.25) is 0 Å². The van der Waals surface area contributed by atoms with Crippen LogP contribution in [0, 0.1) is 17.2 Å². The fourth-order valence-corrected chi connectivity index (χ4v) is 1.93. The van der Waals surface area contributed by atoms with Gasteiger partial charge in [-0.05, 0) is 30.2 Å². The predicted molar refractivity (Wildman–Crippen MR) is 52.1 cm³/mol. The van der Waals surface area contributed by atoms with E-state index in [-0.39, 0.29) is 0 Å². The first-order valence-corrected chi connectivity index (χ1v) is 4.83. The van der Waals surface area contributed by atoms with Gasteiger partial charge in [-0.1, -0.05) is 30.3 Å². The van der Waals surface area contributed by atoms with Gasteiger partial charge < -0.3 is 0 Å². The zero-order valence-corrected chi connectivity index (χ0v) is 7.61. The maximum Gasteiger partial charge on any atom is 0.0621 e. The van der Waals surface area contributed by atoms with E-state index in [9.17, 15) is 0 Å². The van der Waals surface area contributed by atoms with Crippen molar-refractivity contribution in [2.45, 2.75) is 25.2 Å². The van der Waals surface area contributed by atoms with E-state index in [1.165, 1.54) is 12.0 Å². The molecule has 0 heterocycles. The summed E-state index contributed by atoms with van der Waals surface area (Å²) in [6.45, 7) is 0. The van der Waals surface area contributed by atoms with Crippen LogP contribution in [0.15, 0.2) is 30.3 Å². The zero-order chi connectivity index (χ0) is 9.10. The number of hydrogen-bond donors (Lipinski definition) is 0. The molecule has 66 valence electrons. The van der Waals surface area contributed by atoms with Crippen molar-refractivity contribution in [1.29, 1.82) is 5.26 Å². The molecule has 1 aliphatic rings. The molecule has 1 nitrogen and oxygen atoms in total. The van der Waals surface area contributed by atoms with Crippen molar-refractivity contribution in [2.24, 2.45) is 5.92 Å². The Bertz CT molecular complexity index is 310. The Kier molecular flexibility index (Phi) is 2.31. The number of benzene rings is 1. The van der Waals surface area contributed by atoms with Crippen LogP contribution in [0.5, 0.6) is 0 Å². The lowest BCUT2D eigenvalue weighted by atomic mass is 10.1. The van der Waals surface area contributed by atoms with Crippen molar-refractivity contribution in [1.82, 2.24) is 0 Å². The van der Waals surface area contributed by atoms with Crippen LogP contribution in [0.25, 0.3) is 0 Å². The molecule has 1 aromatic rings. The van der Waals surface area contributed by atoms with Crippen LogP contribution in [0.2, 0.25) is 0 Å². The van der Waals surface area contributed by atoms with Crippen molar-refractivity contribution in [3.8, 4) is 6.07 Å². The molecule has 2 atom stereocenters. The lowest BCUT2D eigenvalue weighted by molar-refractivity contribution is 0.722. The van der Waals surface area contributed by atoms with Crippen LogP contribution in [0.4, 0.5) is 0 Å². The van der Waals surface area contributed by atoms with Gasteiger partial charge in [0, 0.05) is 6.42 Å². The van der Waals surface area contributed by atoms with E-state index < -0.39 is 0 Å². The molecule has 1 saturated carbocycles. The van der Waals surface area contributed by atoms with E-state index >= 15 is 0 Å². The van der Waals surface area contributed by atoms with Gasteiger partial charge in [0.15, 0.2) is 0 Å². The molecule has 0 N–H and O–H groups in total. The third kappa shape index (κ3) is 1.89. The third-order valence-corrected chi connectivity index (χ3v) is 2.78.